The lowest BCUT2D eigenvalue weighted by Gasteiger charge is -2.39. The maximum Gasteiger partial charge on any atom is 0.417 e. The number of rotatable bonds is 9. The second-order valence-corrected chi connectivity index (χ2v) is 11.0. The first kappa shape index (κ1) is 29.2. The van der Waals surface area contributed by atoms with Gasteiger partial charge < -0.3 is 14.5 Å². The van der Waals surface area contributed by atoms with Crippen LogP contribution >= 0.6 is 0 Å². The topological polar surface area (TPSA) is 88.9 Å². The normalized spacial score (nSPS) is 17.9. The quantitative estimate of drug-likeness (QED) is 0.186. The number of nitrogens with zero attached hydrogens (tertiary/aromatic N) is 1. The van der Waals surface area contributed by atoms with Crippen LogP contribution in [0.25, 0.3) is 11.0 Å². The highest BCUT2D eigenvalue weighted by molar-refractivity contribution is 6.08. The summed E-state index contributed by atoms with van der Waals surface area (Å²) in [7, 11) is 0. The molecule has 1 atom stereocenters. The molecule has 40 heavy (non-hydrogen) atoms. The van der Waals surface area contributed by atoms with Crippen LogP contribution in [0.3, 0.4) is 0 Å². The molecule has 0 radical (unpaired) electrons. The van der Waals surface area contributed by atoms with Crippen LogP contribution in [-0.4, -0.2) is 30.0 Å². The molecule has 0 aliphatic carbocycles. The van der Waals surface area contributed by atoms with Gasteiger partial charge in [0.1, 0.15) is 11.3 Å². The Bertz CT molecular complexity index is 1460. The Morgan fingerprint density at radius 3 is 2.33 bits per heavy atom. The van der Waals surface area contributed by atoms with Crippen molar-refractivity contribution in [3.8, 4) is 5.75 Å². The van der Waals surface area contributed by atoms with Crippen LogP contribution < -0.4 is 15.7 Å². The lowest BCUT2D eigenvalue weighted by molar-refractivity contribution is -0.137. The number of benzene rings is 2. The standard InChI is InChI=1S/C30H33F3N2O5/c1-5-11-21-23(15-14-20-22(30(31,32)33)18-24(36)40-25(20)21)39-17-10-9-16-35-26(37)29(28(2,3)4,34-27(35)38)19-12-7-6-8-13-19/h6-8,12-15,18H,5,9-11,16-17H2,1-4H3,(H,34,38). The number of halogens is 3. The van der Waals surface area contributed by atoms with Gasteiger partial charge in [0.25, 0.3) is 5.91 Å². The van der Waals surface area contributed by atoms with Crippen LogP contribution in [0.15, 0.2) is 57.7 Å². The average molecular weight is 559 g/mol. The van der Waals surface area contributed by atoms with E-state index >= 15 is 0 Å². The molecule has 1 aromatic heterocycles. The van der Waals surface area contributed by atoms with Crippen LogP contribution in [-0.2, 0) is 22.9 Å². The fraction of sp³-hybridized carbons (Fsp3) is 0.433. The summed E-state index contributed by atoms with van der Waals surface area (Å²) in [4.78, 5) is 39.7. The minimum absolute atomic E-state index is 0.127. The number of amides is 3. The molecule has 7 nitrogen and oxygen atoms in total. The fourth-order valence-electron chi connectivity index (χ4n) is 5.28. The number of urea groups is 1. The Labute approximate surface area is 230 Å². The van der Waals surface area contributed by atoms with E-state index in [1.807, 2.05) is 58.0 Å². The molecule has 0 saturated carbocycles. The molecule has 214 valence electrons. The Kier molecular flexibility index (Phi) is 8.01. The first-order chi connectivity index (χ1) is 18.8. The number of alkyl halides is 3. The smallest absolute Gasteiger partial charge is 0.417 e. The number of unbranched alkanes of at least 4 members (excludes halogenated alkanes) is 1. The van der Waals surface area contributed by atoms with Crippen molar-refractivity contribution in [2.75, 3.05) is 13.2 Å². The maximum atomic E-state index is 13.6. The molecule has 3 amide bonds. The summed E-state index contributed by atoms with van der Waals surface area (Å²) in [5, 5.41) is 2.75. The van der Waals surface area contributed by atoms with Crippen LogP contribution in [0.1, 0.15) is 63.6 Å². The summed E-state index contributed by atoms with van der Waals surface area (Å²) in [6.07, 6.45) is -2.82. The Hall–Kier alpha value is -3.82. The highest BCUT2D eigenvalue weighted by Gasteiger charge is 2.58. The summed E-state index contributed by atoms with van der Waals surface area (Å²) in [6.45, 7) is 7.96. The molecule has 4 rings (SSSR count). The number of carbonyl (C=O) groups is 2. The minimum Gasteiger partial charge on any atom is -0.493 e. The number of hydrogen-bond acceptors (Lipinski definition) is 5. The molecule has 2 heterocycles. The number of ether oxygens (including phenoxy) is 1. The first-order valence-electron chi connectivity index (χ1n) is 13.3. The van der Waals surface area contributed by atoms with Crippen LogP contribution in [0.5, 0.6) is 5.75 Å². The van der Waals surface area contributed by atoms with Gasteiger partial charge in [0, 0.05) is 23.6 Å². The van der Waals surface area contributed by atoms with Gasteiger partial charge in [0.05, 0.1) is 12.2 Å². The van der Waals surface area contributed by atoms with Gasteiger partial charge in [0.15, 0.2) is 5.54 Å². The predicted molar refractivity (Wildman–Crippen MR) is 144 cm³/mol. The molecule has 1 saturated heterocycles. The summed E-state index contributed by atoms with van der Waals surface area (Å²) in [5.74, 6) is 0.0232. The van der Waals surface area contributed by atoms with E-state index in [0.717, 1.165) is 0 Å². The second kappa shape index (κ2) is 11.0. The van der Waals surface area contributed by atoms with Crippen LogP contribution in [0.4, 0.5) is 18.0 Å². The molecule has 3 aromatic rings. The van der Waals surface area contributed by atoms with Crippen molar-refractivity contribution in [1.82, 2.24) is 10.2 Å². The second-order valence-electron chi connectivity index (χ2n) is 11.0. The van der Waals surface area contributed by atoms with Gasteiger partial charge in [-0.1, -0.05) is 64.4 Å². The van der Waals surface area contributed by atoms with E-state index in [1.165, 1.54) is 17.0 Å². The van der Waals surface area contributed by atoms with Gasteiger partial charge in [-0.15, -0.1) is 0 Å². The third-order valence-corrected chi connectivity index (χ3v) is 7.25. The predicted octanol–water partition coefficient (Wildman–Crippen LogP) is 6.42. The molecule has 2 aromatic carbocycles. The molecule has 1 aliphatic heterocycles. The SMILES string of the molecule is CCCc1c(OCCCCN2C(=O)NC(c3ccccc3)(C(C)(C)C)C2=O)ccc2c(C(F)(F)F)cc(=O)oc12. The van der Waals surface area contributed by atoms with Crippen molar-refractivity contribution in [2.45, 2.75) is 65.1 Å². The third-order valence-electron chi connectivity index (χ3n) is 7.25. The van der Waals surface area contributed by atoms with Gasteiger partial charge in [0.2, 0.25) is 0 Å². The van der Waals surface area contributed by atoms with Gasteiger partial charge in [-0.05, 0) is 42.4 Å². The summed E-state index contributed by atoms with van der Waals surface area (Å²) in [6, 6.07) is 11.9. The zero-order chi connectivity index (χ0) is 29.3. The highest BCUT2D eigenvalue weighted by atomic mass is 19.4. The van der Waals surface area contributed by atoms with E-state index in [1.54, 1.807) is 0 Å². The number of carbonyl (C=O) groups excluding carboxylic acids is 2. The van der Waals surface area contributed by atoms with E-state index in [-0.39, 0.29) is 30.0 Å². The lowest BCUT2D eigenvalue weighted by atomic mass is 9.69. The van der Waals surface area contributed by atoms with Crippen molar-refractivity contribution in [3.05, 3.63) is 75.6 Å². The zero-order valence-electron chi connectivity index (χ0n) is 23.0. The lowest BCUT2D eigenvalue weighted by Crippen LogP contribution is -2.54. The molecular weight excluding hydrogens is 525 g/mol. The minimum atomic E-state index is -4.70. The van der Waals surface area contributed by atoms with Crippen molar-refractivity contribution in [3.63, 3.8) is 0 Å². The molecule has 1 N–H and O–H groups in total. The Morgan fingerprint density at radius 1 is 1.00 bits per heavy atom. The average Bonchev–Trinajstić information content (AvgIpc) is 3.15. The number of hydrogen-bond donors (Lipinski definition) is 1. The van der Waals surface area contributed by atoms with Crippen LogP contribution in [0.2, 0.25) is 0 Å². The molecular formula is C30H33F3N2O5. The Balaban J connectivity index is 1.46. The van der Waals surface area contributed by atoms with E-state index in [2.05, 4.69) is 5.32 Å². The fourth-order valence-corrected chi connectivity index (χ4v) is 5.28. The third kappa shape index (κ3) is 5.31. The molecule has 1 aliphatic rings. The molecule has 0 bridgehead atoms. The maximum absolute atomic E-state index is 13.6. The number of aryl methyl sites for hydroxylation is 1. The van der Waals surface area contributed by atoms with Crippen LogP contribution in [0, 0.1) is 5.41 Å². The van der Waals surface area contributed by atoms with Crippen molar-refractivity contribution in [2.24, 2.45) is 5.41 Å². The van der Waals surface area contributed by atoms with Crippen molar-refractivity contribution in [1.29, 1.82) is 0 Å². The summed E-state index contributed by atoms with van der Waals surface area (Å²) < 4.78 is 51.7. The summed E-state index contributed by atoms with van der Waals surface area (Å²) in [5.41, 5.74) is -2.92. The van der Waals surface area contributed by atoms with E-state index in [4.69, 9.17) is 9.15 Å². The van der Waals surface area contributed by atoms with Gasteiger partial charge in [-0.2, -0.15) is 13.2 Å². The van der Waals surface area contributed by atoms with Crippen molar-refractivity contribution >= 4 is 22.9 Å². The van der Waals surface area contributed by atoms with Gasteiger partial charge >= 0.3 is 17.8 Å². The van der Waals surface area contributed by atoms with E-state index in [0.29, 0.717) is 48.6 Å². The number of nitrogens with one attached hydrogen (secondary N) is 1. The molecule has 10 heteroatoms. The molecule has 1 fully saturated rings. The number of fused-ring (bicyclic) bond motifs is 1. The Morgan fingerprint density at radius 2 is 1.70 bits per heavy atom. The first-order valence-corrected chi connectivity index (χ1v) is 13.3. The van der Waals surface area contributed by atoms with Gasteiger partial charge in [-0.3, -0.25) is 9.69 Å². The summed E-state index contributed by atoms with van der Waals surface area (Å²) >= 11 is 0. The van der Waals surface area contributed by atoms with E-state index < -0.39 is 34.4 Å². The molecule has 0 spiro atoms. The number of imide groups is 1. The van der Waals surface area contributed by atoms with E-state index in [9.17, 15) is 27.6 Å². The highest BCUT2D eigenvalue weighted by Crippen LogP contribution is 2.44. The van der Waals surface area contributed by atoms with Crippen molar-refractivity contribution < 1.29 is 31.9 Å². The molecule has 1 unspecified atom stereocenters. The monoisotopic (exact) mass is 558 g/mol. The zero-order valence-corrected chi connectivity index (χ0v) is 23.0. The largest absolute Gasteiger partial charge is 0.493 e. The van der Waals surface area contributed by atoms with Gasteiger partial charge in [-0.25, -0.2) is 9.59 Å².